The number of nitrogens with two attached hydrogens (primary N) is 1. The van der Waals surface area contributed by atoms with Gasteiger partial charge in [-0.15, -0.1) is 0 Å². The first kappa shape index (κ1) is 9.69. The van der Waals surface area contributed by atoms with Crippen molar-refractivity contribution < 1.29 is 0 Å². The molecule has 0 aromatic heterocycles. The van der Waals surface area contributed by atoms with Crippen LogP contribution < -0.4 is 11.3 Å². The zero-order chi connectivity index (χ0) is 7.82. The largest absolute Gasteiger partial charge is 0.271 e. The Morgan fingerprint density at radius 2 is 2.40 bits per heavy atom. The summed E-state index contributed by atoms with van der Waals surface area (Å²) in [5.74, 6) is 5.21. The van der Waals surface area contributed by atoms with Crippen LogP contribution in [0.4, 0.5) is 0 Å². The summed E-state index contributed by atoms with van der Waals surface area (Å²) in [5, 5.41) is 0. The number of allylic oxidation sites excluding steroid dienone is 1. The SMILES string of the molecule is C/C=C\CC(/C=C/Cl)NN. The van der Waals surface area contributed by atoms with Gasteiger partial charge in [0.05, 0.1) is 0 Å². The van der Waals surface area contributed by atoms with Crippen LogP contribution in [0.2, 0.25) is 0 Å². The lowest BCUT2D eigenvalue weighted by Gasteiger charge is -2.06. The topological polar surface area (TPSA) is 38.0 Å². The van der Waals surface area contributed by atoms with E-state index in [1.165, 1.54) is 5.54 Å². The van der Waals surface area contributed by atoms with E-state index in [-0.39, 0.29) is 6.04 Å². The molecule has 0 aromatic carbocycles. The lowest BCUT2D eigenvalue weighted by molar-refractivity contribution is 0.627. The molecule has 10 heavy (non-hydrogen) atoms. The van der Waals surface area contributed by atoms with Crippen LogP contribution in [0.5, 0.6) is 0 Å². The molecule has 0 fully saturated rings. The Morgan fingerprint density at radius 1 is 1.70 bits per heavy atom. The molecule has 1 atom stereocenters. The molecule has 1 unspecified atom stereocenters. The molecule has 0 aromatic rings. The first-order valence-electron chi connectivity index (χ1n) is 3.19. The fraction of sp³-hybridized carbons (Fsp3) is 0.429. The summed E-state index contributed by atoms with van der Waals surface area (Å²) in [5.41, 5.74) is 4.08. The maximum atomic E-state index is 5.35. The Balaban J connectivity index is 3.60. The van der Waals surface area contributed by atoms with Gasteiger partial charge in [-0.25, -0.2) is 0 Å². The van der Waals surface area contributed by atoms with Crippen molar-refractivity contribution in [1.29, 1.82) is 0 Å². The first-order chi connectivity index (χ1) is 4.85. The van der Waals surface area contributed by atoms with E-state index >= 15 is 0 Å². The van der Waals surface area contributed by atoms with Crippen LogP contribution in [0.25, 0.3) is 0 Å². The molecule has 0 radical (unpaired) electrons. The average Bonchev–Trinajstić information content (AvgIpc) is 1.98. The highest BCUT2D eigenvalue weighted by Crippen LogP contribution is 1.95. The minimum Gasteiger partial charge on any atom is -0.271 e. The molecule has 0 aliphatic rings. The molecule has 3 N–H and O–H groups in total. The van der Waals surface area contributed by atoms with Crippen molar-refractivity contribution in [3.8, 4) is 0 Å². The molecule has 0 aliphatic carbocycles. The second kappa shape index (κ2) is 6.81. The Labute approximate surface area is 66.7 Å². The van der Waals surface area contributed by atoms with Gasteiger partial charge >= 0.3 is 0 Å². The quantitative estimate of drug-likeness (QED) is 0.372. The van der Waals surface area contributed by atoms with E-state index in [9.17, 15) is 0 Å². The number of rotatable bonds is 4. The Morgan fingerprint density at radius 3 is 2.80 bits per heavy atom. The summed E-state index contributed by atoms with van der Waals surface area (Å²) in [7, 11) is 0. The molecule has 0 spiro atoms. The van der Waals surface area contributed by atoms with Crippen molar-refractivity contribution in [2.24, 2.45) is 5.84 Å². The molecule has 58 valence electrons. The third kappa shape index (κ3) is 4.56. The molecule has 0 bridgehead atoms. The van der Waals surface area contributed by atoms with Gasteiger partial charge in [0, 0.05) is 11.6 Å². The lowest BCUT2D eigenvalue weighted by Crippen LogP contribution is -2.32. The van der Waals surface area contributed by atoms with Gasteiger partial charge in [0.1, 0.15) is 0 Å². The maximum absolute atomic E-state index is 5.35. The highest BCUT2D eigenvalue weighted by atomic mass is 35.5. The third-order valence-corrected chi connectivity index (χ3v) is 1.29. The number of hydrogen-bond acceptors (Lipinski definition) is 2. The highest BCUT2D eigenvalue weighted by molar-refractivity contribution is 6.25. The minimum absolute atomic E-state index is 0.147. The van der Waals surface area contributed by atoms with E-state index in [4.69, 9.17) is 17.4 Å². The summed E-state index contributed by atoms with van der Waals surface area (Å²) in [6.45, 7) is 1.97. The fourth-order valence-electron chi connectivity index (χ4n) is 0.573. The molecule has 0 heterocycles. The molecular formula is C7H13ClN2. The van der Waals surface area contributed by atoms with Gasteiger partial charge in [-0.3, -0.25) is 11.3 Å². The monoisotopic (exact) mass is 160 g/mol. The molecule has 0 aliphatic heterocycles. The van der Waals surface area contributed by atoms with Gasteiger partial charge in [-0.1, -0.05) is 29.8 Å². The Bertz CT molecular complexity index is 121. The lowest BCUT2D eigenvalue weighted by atomic mass is 10.2. The zero-order valence-corrected chi connectivity index (χ0v) is 6.81. The molecule has 0 saturated heterocycles. The standard InChI is InChI=1S/C7H13ClN2/c1-2-3-4-7(10-9)5-6-8/h2-3,5-7,10H,4,9H2,1H3/b3-2-,6-5+. The first-order valence-corrected chi connectivity index (χ1v) is 3.63. The predicted octanol–water partition coefficient (Wildman–Crippen LogP) is 1.54. The molecule has 3 heteroatoms. The van der Waals surface area contributed by atoms with Gasteiger partial charge in [-0.2, -0.15) is 0 Å². The van der Waals surface area contributed by atoms with Crippen LogP contribution >= 0.6 is 11.6 Å². The highest BCUT2D eigenvalue weighted by Gasteiger charge is 1.95. The van der Waals surface area contributed by atoms with Gasteiger partial charge in [0.25, 0.3) is 0 Å². The molecular weight excluding hydrogens is 148 g/mol. The smallest absolute Gasteiger partial charge is 0.0436 e. The fourth-order valence-corrected chi connectivity index (χ4v) is 0.748. The predicted molar refractivity (Wildman–Crippen MR) is 45.5 cm³/mol. The average molecular weight is 161 g/mol. The van der Waals surface area contributed by atoms with Gasteiger partial charge in [0.15, 0.2) is 0 Å². The van der Waals surface area contributed by atoms with Crippen LogP contribution in [0, 0.1) is 0 Å². The summed E-state index contributed by atoms with van der Waals surface area (Å²) >= 11 is 5.35. The van der Waals surface area contributed by atoms with Crippen molar-refractivity contribution in [2.45, 2.75) is 19.4 Å². The molecule has 0 rings (SSSR count). The minimum atomic E-state index is 0.147. The van der Waals surface area contributed by atoms with E-state index in [1.807, 2.05) is 25.2 Å². The maximum Gasteiger partial charge on any atom is 0.0436 e. The van der Waals surface area contributed by atoms with Crippen molar-refractivity contribution in [3.05, 3.63) is 23.8 Å². The van der Waals surface area contributed by atoms with Crippen molar-refractivity contribution >= 4 is 11.6 Å². The summed E-state index contributed by atoms with van der Waals surface area (Å²) in [6.07, 6.45) is 6.69. The van der Waals surface area contributed by atoms with Crippen molar-refractivity contribution in [3.63, 3.8) is 0 Å². The van der Waals surface area contributed by atoms with Crippen LogP contribution in [0.1, 0.15) is 13.3 Å². The Hall–Kier alpha value is -0.310. The van der Waals surface area contributed by atoms with E-state index in [0.717, 1.165) is 6.42 Å². The van der Waals surface area contributed by atoms with Gasteiger partial charge in [0.2, 0.25) is 0 Å². The number of hydrogen-bond donors (Lipinski definition) is 2. The number of hydrazine groups is 1. The zero-order valence-electron chi connectivity index (χ0n) is 6.05. The van der Waals surface area contributed by atoms with E-state index in [2.05, 4.69) is 5.43 Å². The third-order valence-electron chi connectivity index (χ3n) is 1.14. The van der Waals surface area contributed by atoms with E-state index in [0.29, 0.717) is 0 Å². The molecule has 0 amide bonds. The van der Waals surface area contributed by atoms with Crippen LogP contribution in [0.15, 0.2) is 23.8 Å². The van der Waals surface area contributed by atoms with E-state index < -0.39 is 0 Å². The number of nitrogens with one attached hydrogen (secondary N) is 1. The summed E-state index contributed by atoms with van der Waals surface area (Å²) in [6, 6.07) is 0.147. The van der Waals surface area contributed by atoms with Gasteiger partial charge in [-0.05, 0) is 13.3 Å². The van der Waals surface area contributed by atoms with Crippen LogP contribution in [-0.2, 0) is 0 Å². The summed E-state index contributed by atoms with van der Waals surface area (Å²) in [4.78, 5) is 0. The van der Waals surface area contributed by atoms with Crippen molar-refractivity contribution in [1.82, 2.24) is 5.43 Å². The van der Waals surface area contributed by atoms with Crippen molar-refractivity contribution in [2.75, 3.05) is 0 Å². The molecule has 0 saturated carbocycles. The number of halogens is 1. The van der Waals surface area contributed by atoms with Crippen LogP contribution in [-0.4, -0.2) is 6.04 Å². The summed E-state index contributed by atoms with van der Waals surface area (Å²) < 4.78 is 0. The molecule has 2 nitrogen and oxygen atoms in total. The second-order valence-corrected chi connectivity index (χ2v) is 2.15. The van der Waals surface area contributed by atoms with Crippen LogP contribution in [0.3, 0.4) is 0 Å². The Kier molecular flexibility index (Phi) is 6.59. The van der Waals surface area contributed by atoms with Gasteiger partial charge < -0.3 is 0 Å². The normalized spacial score (nSPS) is 15.1. The second-order valence-electron chi connectivity index (χ2n) is 1.90. The van der Waals surface area contributed by atoms with E-state index in [1.54, 1.807) is 0 Å².